The molecule has 1 aliphatic heterocycles. The van der Waals surface area contributed by atoms with Gasteiger partial charge in [-0.15, -0.1) is 0 Å². The van der Waals surface area contributed by atoms with E-state index in [-0.39, 0.29) is 11.6 Å². The van der Waals surface area contributed by atoms with Crippen molar-refractivity contribution in [3.63, 3.8) is 0 Å². The van der Waals surface area contributed by atoms with Crippen molar-refractivity contribution in [2.75, 3.05) is 23.8 Å². The van der Waals surface area contributed by atoms with Gasteiger partial charge in [-0.05, 0) is 39.8 Å². The molecule has 1 N–H and O–H groups in total. The molecule has 0 fully saturated rings. The van der Waals surface area contributed by atoms with Gasteiger partial charge in [-0.1, -0.05) is 6.07 Å². The Morgan fingerprint density at radius 1 is 1.35 bits per heavy atom. The van der Waals surface area contributed by atoms with Gasteiger partial charge in [0, 0.05) is 13.6 Å². The van der Waals surface area contributed by atoms with Crippen LogP contribution in [0.2, 0.25) is 0 Å². The highest BCUT2D eigenvalue weighted by Crippen LogP contribution is 2.41. The summed E-state index contributed by atoms with van der Waals surface area (Å²) in [5.41, 5.74) is 2.45. The molecule has 3 heteroatoms. The molecule has 0 saturated carbocycles. The molecule has 94 valence electrons. The van der Waals surface area contributed by atoms with Crippen LogP contribution in [0.5, 0.6) is 5.75 Å². The topological polar surface area (TPSA) is 24.5 Å². The minimum atomic E-state index is 0.128. The summed E-state index contributed by atoms with van der Waals surface area (Å²) in [6.45, 7) is 9.50. The highest BCUT2D eigenvalue weighted by atomic mass is 16.5. The molecule has 0 atom stereocenters. The van der Waals surface area contributed by atoms with Crippen molar-refractivity contribution in [1.29, 1.82) is 0 Å². The Morgan fingerprint density at radius 3 is 2.71 bits per heavy atom. The second-order valence-corrected chi connectivity index (χ2v) is 5.54. The van der Waals surface area contributed by atoms with E-state index >= 15 is 0 Å². The molecule has 0 spiro atoms. The number of para-hydroxylation sites is 1. The minimum Gasteiger partial charge on any atom is -0.489 e. The summed E-state index contributed by atoms with van der Waals surface area (Å²) in [5, 5.41) is 3.49. The fourth-order valence-corrected chi connectivity index (χ4v) is 2.08. The standard InChI is InChI=1S/C14H22N2O/c1-10(2)17-12-8-6-7-11-13(12)15-9-14(3,4)16(11)5/h6-8,10,15H,9H2,1-5H3. The number of anilines is 2. The van der Waals surface area contributed by atoms with Gasteiger partial charge in [0.25, 0.3) is 0 Å². The summed E-state index contributed by atoms with van der Waals surface area (Å²) in [5.74, 6) is 0.944. The van der Waals surface area contributed by atoms with Gasteiger partial charge in [0.1, 0.15) is 11.4 Å². The van der Waals surface area contributed by atoms with Crippen molar-refractivity contribution in [1.82, 2.24) is 0 Å². The van der Waals surface area contributed by atoms with Gasteiger partial charge in [-0.3, -0.25) is 0 Å². The van der Waals surface area contributed by atoms with Gasteiger partial charge in [-0.25, -0.2) is 0 Å². The van der Waals surface area contributed by atoms with E-state index in [1.165, 1.54) is 5.69 Å². The van der Waals surface area contributed by atoms with Crippen LogP contribution in [0.1, 0.15) is 27.7 Å². The number of hydrogen-bond donors (Lipinski definition) is 1. The second-order valence-electron chi connectivity index (χ2n) is 5.54. The average molecular weight is 234 g/mol. The molecular weight excluding hydrogens is 212 g/mol. The first-order chi connectivity index (χ1) is 7.92. The Labute approximate surface area is 104 Å². The van der Waals surface area contributed by atoms with Crippen LogP contribution in [-0.4, -0.2) is 25.2 Å². The van der Waals surface area contributed by atoms with Crippen molar-refractivity contribution in [3.05, 3.63) is 18.2 Å². The number of rotatable bonds is 2. The van der Waals surface area contributed by atoms with Crippen LogP contribution in [0.25, 0.3) is 0 Å². The van der Waals surface area contributed by atoms with Crippen LogP contribution in [0.4, 0.5) is 11.4 Å². The van der Waals surface area contributed by atoms with Crippen LogP contribution >= 0.6 is 0 Å². The molecule has 0 bridgehead atoms. The molecule has 0 radical (unpaired) electrons. The predicted octanol–water partition coefficient (Wildman–Crippen LogP) is 3.11. The lowest BCUT2D eigenvalue weighted by molar-refractivity contribution is 0.243. The molecule has 0 aromatic heterocycles. The minimum absolute atomic E-state index is 0.128. The van der Waals surface area contributed by atoms with Crippen LogP contribution in [0.15, 0.2) is 18.2 Å². The van der Waals surface area contributed by atoms with E-state index in [9.17, 15) is 0 Å². The van der Waals surface area contributed by atoms with Crippen molar-refractivity contribution < 1.29 is 4.74 Å². The number of nitrogens with one attached hydrogen (secondary N) is 1. The summed E-state index contributed by atoms with van der Waals surface area (Å²) in [6, 6.07) is 6.21. The monoisotopic (exact) mass is 234 g/mol. The number of benzene rings is 1. The van der Waals surface area contributed by atoms with Gasteiger partial charge in [0.2, 0.25) is 0 Å². The lowest BCUT2D eigenvalue weighted by atomic mass is 9.98. The van der Waals surface area contributed by atoms with Gasteiger partial charge < -0.3 is 15.0 Å². The number of fused-ring (bicyclic) bond motifs is 1. The SMILES string of the molecule is CC(C)Oc1cccc2c1NCC(C)(C)N2C. The van der Waals surface area contributed by atoms with Crippen molar-refractivity contribution in [3.8, 4) is 5.75 Å². The lowest BCUT2D eigenvalue weighted by Gasteiger charge is -2.43. The third-order valence-electron chi connectivity index (χ3n) is 3.33. The summed E-state index contributed by atoms with van der Waals surface area (Å²) in [4.78, 5) is 2.31. The molecule has 3 nitrogen and oxygen atoms in total. The molecular formula is C14H22N2O. The molecule has 0 saturated heterocycles. The number of hydrogen-bond acceptors (Lipinski definition) is 3. The Bertz CT molecular complexity index is 413. The molecule has 1 aromatic rings. The zero-order valence-electron chi connectivity index (χ0n) is 11.4. The first kappa shape index (κ1) is 12.1. The maximum Gasteiger partial charge on any atom is 0.144 e. The molecule has 1 heterocycles. The Kier molecular flexibility index (Phi) is 2.94. The van der Waals surface area contributed by atoms with E-state index in [0.717, 1.165) is 18.0 Å². The maximum absolute atomic E-state index is 5.84. The van der Waals surface area contributed by atoms with E-state index in [1.807, 2.05) is 6.07 Å². The van der Waals surface area contributed by atoms with E-state index in [1.54, 1.807) is 0 Å². The third-order valence-corrected chi connectivity index (χ3v) is 3.33. The zero-order valence-corrected chi connectivity index (χ0v) is 11.4. The molecule has 0 amide bonds. The van der Waals surface area contributed by atoms with Gasteiger partial charge in [-0.2, -0.15) is 0 Å². The normalized spacial score (nSPS) is 17.6. The highest BCUT2D eigenvalue weighted by molar-refractivity contribution is 5.79. The lowest BCUT2D eigenvalue weighted by Crippen LogP contribution is -2.50. The molecule has 1 aliphatic rings. The Balaban J connectivity index is 2.40. The quantitative estimate of drug-likeness (QED) is 0.851. The van der Waals surface area contributed by atoms with Gasteiger partial charge in [0.05, 0.1) is 17.3 Å². The largest absolute Gasteiger partial charge is 0.489 e. The zero-order chi connectivity index (χ0) is 12.6. The molecule has 0 unspecified atom stereocenters. The van der Waals surface area contributed by atoms with Crippen molar-refractivity contribution in [2.24, 2.45) is 0 Å². The Hall–Kier alpha value is -1.38. The average Bonchev–Trinajstić information content (AvgIpc) is 2.24. The second kappa shape index (κ2) is 4.13. The van der Waals surface area contributed by atoms with E-state index < -0.39 is 0 Å². The molecule has 1 aromatic carbocycles. The van der Waals surface area contributed by atoms with Crippen LogP contribution in [0.3, 0.4) is 0 Å². The summed E-state index contributed by atoms with van der Waals surface area (Å²) in [6.07, 6.45) is 0.198. The van der Waals surface area contributed by atoms with E-state index in [0.29, 0.717) is 0 Å². The maximum atomic E-state index is 5.84. The van der Waals surface area contributed by atoms with Gasteiger partial charge in [0.15, 0.2) is 0 Å². The summed E-state index contributed by atoms with van der Waals surface area (Å²) >= 11 is 0. The van der Waals surface area contributed by atoms with E-state index in [2.05, 4.69) is 57.1 Å². The Morgan fingerprint density at radius 2 is 2.06 bits per heavy atom. The fraction of sp³-hybridized carbons (Fsp3) is 0.571. The number of ether oxygens (including phenoxy) is 1. The van der Waals surface area contributed by atoms with Crippen LogP contribution < -0.4 is 15.0 Å². The van der Waals surface area contributed by atoms with Crippen molar-refractivity contribution in [2.45, 2.75) is 39.3 Å². The van der Waals surface area contributed by atoms with Crippen LogP contribution in [0, 0.1) is 0 Å². The third kappa shape index (κ3) is 2.19. The van der Waals surface area contributed by atoms with Crippen LogP contribution in [-0.2, 0) is 0 Å². The van der Waals surface area contributed by atoms with E-state index in [4.69, 9.17) is 4.74 Å². The number of likely N-dealkylation sites (N-methyl/N-ethyl adjacent to an activating group) is 1. The first-order valence-electron chi connectivity index (χ1n) is 6.19. The first-order valence-corrected chi connectivity index (χ1v) is 6.19. The molecule has 17 heavy (non-hydrogen) atoms. The highest BCUT2D eigenvalue weighted by Gasteiger charge is 2.31. The van der Waals surface area contributed by atoms with Crippen molar-refractivity contribution >= 4 is 11.4 Å². The number of nitrogens with zero attached hydrogens (tertiary/aromatic N) is 1. The fourth-order valence-electron chi connectivity index (χ4n) is 2.08. The molecule has 2 rings (SSSR count). The molecule has 0 aliphatic carbocycles. The summed E-state index contributed by atoms with van der Waals surface area (Å²) < 4.78 is 5.84. The summed E-state index contributed by atoms with van der Waals surface area (Å²) in [7, 11) is 2.14. The van der Waals surface area contributed by atoms with Gasteiger partial charge >= 0.3 is 0 Å². The smallest absolute Gasteiger partial charge is 0.144 e. The predicted molar refractivity (Wildman–Crippen MR) is 73.2 cm³/mol.